The molecule has 0 radical (unpaired) electrons. The number of carbonyl (C=O) groups is 1. The highest BCUT2D eigenvalue weighted by Gasteiger charge is 2.21. The summed E-state index contributed by atoms with van der Waals surface area (Å²) in [5.41, 5.74) is 4.13. The summed E-state index contributed by atoms with van der Waals surface area (Å²) >= 11 is 1.38. The number of benzene rings is 1. The Bertz CT molecular complexity index is 936. The summed E-state index contributed by atoms with van der Waals surface area (Å²) in [5, 5.41) is 3.67. The molecule has 0 aliphatic heterocycles. The van der Waals surface area contributed by atoms with Crippen LogP contribution < -0.4 is 11.0 Å². The molecule has 1 amide bonds. The molecule has 6 nitrogen and oxygen atoms in total. The number of aromatic nitrogens is 2. The van der Waals surface area contributed by atoms with Crippen molar-refractivity contribution in [2.75, 3.05) is 30.7 Å². The Kier molecular flexibility index (Phi) is 8.72. The first-order valence-corrected chi connectivity index (χ1v) is 12.4. The molecular weight excluding hydrogens is 408 g/mol. The van der Waals surface area contributed by atoms with E-state index in [9.17, 15) is 9.59 Å². The zero-order chi connectivity index (χ0) is 22.2. The number of aryl methyl sites for hydroxylation is 1. The lowest BCUT2D eigenvalue weighted by atomic mass is 9.97. The SMILES string of the molecule is CCc1ccc(NC(=O)CSc2nc(=O)n(CCN(CC)CC)c3c2CCCC3)cc1. The first kappa shape index (κ1) is 23.5. The van der Waals surface area contributed by atoms with Gasteiger partial charge in [-0.25, -0.2) is 4.79 Å². The van der Waals surface area contributed by atoms with Gasteiger partial charge in [-0.1, -0.05) is 44.7 Å². The number of rotatable bonds is 10. The standard InChI is InChI=1S/C24H34N4O2S/c1-4-18-11-13-19(14-12-18)25-22(29)17-31-23-20-9-7-8-10-21(20)28(24(30)26-23)16-15-27(5-2)6-3/h11-14H,4-10,15-17H2,1-3H3,(H,25,29). The van der Waals surface area contributed by atoms with E-state index in [1.54, 1.807) is 0 Å². The van der Waals surface area contributed by atoms with E-state index in [0.717, 1.165) is 73.7 Å². The van der Waals surface area contributed by atoms with Gasteiger partial charge in [-0.05, 0) is 62.9 Å². The van der Waals surface area contributed by atoms with Crippen LogP contribution in [0.15, 0.2) is 34.1 Å². The average Bonchev–Trinajstić information content (AvgIpc) is 2.80. The molecule has 0 atom stereocenters. The lowest BCUT2D eigenvalue weighted by molar-refractivity contribution is -0.113. The second-order valence-electron chi connectivity index (χ2n) is 7.90. The number of thioether (sulfide) groups is 1. The second kappa shape index (κ2) is 11.5. The second-order valence-corrected chi connectivity index (χ2v) is 8.86. The number of nitrogens with one attached hydrogen (secondary N) is 1. The van der Waals surface area contributed by atoms with Crippen LogP contribution in [0.5, 0.6) is 0 Å². The van der Waals surface area contributed by atoms with Crippen LogP contribution in [-0.4, -0.2) is 45.7 Å². The van der Waals surface area contributed by atoms with Gasteiger partial charge in [0.1, 0.15) is 5.03 Å². The molecule has 1 aromatic carbocycles. The predicted molar refractivity (Wildman–Crippen MR) is 128 cm³/mol. The summed E-state index contributed by atoms with van der Waals surface area (Å²) in [5.74, 6) is 0.170. The first-order valence-electron chi connectivity index (χ1n) is 11.4. The molecule has 0 saturated heterocycles. The fourth-order valence-corrected chi connectivity index (χ4v) is 4.91. The quantitative estimate of drug-likeness (QED) is 0.448. The summed E-state index contributed by atoms with van der Waals surface area (Å²) in [4.78, 5) is 32.0. The highest BCUT2D eigenvalue weighted by Crippen LogP contribution is 2.28. The Hall–Kier alpha value is -2.12. The van der Waals surface area contributed by atoms with Crippen molar-refractivity contribution in [2.45, 2.75) is 64.4 Å². The van der Waals surface area contributed by atoms with Crippen molar-refractivity contribution in [3.63, 3.8) is 0 Å². The maximum absolute atomic E-state index is 12.8. The summed E-state index contributed by atoms with van der Waals surface area (Å²) < 4.78 is 1.87. The molecule has 1 aliphatic rings. The van der Waals surface area contributed by atoms with E-state index in [1.165, 1.54) is 17.3 Å². The van der Waals surface area contributed by atoms with Crippen LogP contribution in [0.25, 0.3) is 0 Å². The van der Waals surface area contributed by atoms with E-state index < -0.39 is 0 Å². The van der Waals surface area contributed by atoms with Crippen LogP contribution in [0.1, 0.15) is 50.4 Å². The molecule has 0 bridgehead atoms. The predicted octanol–water partition coefficient (Wildman–Crippen LogP) is 3.76. The number of nitrogens with zero attached hydrogens (tertiary/aromatic N) is 3. The zero-order valence-corrected chi connectivity index (χ0v) is 19.8. The largest absolute Gasteiger partial charge is 0.348 e. The molecule has 1 N–H and O–H groups in total. The fourth-order valence-electron chi connectivity index (χ4n) is 4.03. The van der Waals surface area contributed by atoms with Gasteiger partial charge >= 0.3 is 5.69 Å². The van der Waals surface area contributed by atoms with E-state index >= 15 is 0 Å². The Balaban J connectivity index is 1.70. The lowest BCUT2D eigenvalue weighted by Crippen LogP contribution is -2.35. The molecular formula is C24H34N4O2S. The van der Waals surface area contributed by atoms with Gasteiger partial charge in [0.15, 0.2) is 0 Å². The van der Waals surface area contributed by atoms with Crippen molar-refractivity contribution in [2.24, 2.45) is 0 Å². The third kappa shape index (κ3) is 6.20. The number of anilines is 1. The minimum atomic E-state index is -0.189. The van der Waals surface area contributed by atoms with Crippen molar-refractivity contribution in [3.05, 3.63) is 51.6 Å². The normalized spacial score (nSPS) is 13.3. The van der Waals surface area contributed by atoms with Gasteiger partial charge in [-0.15, -0.1) is 0 Å². The summed E-state index contributed by atoms with van der Waals surface area (Å²) in [6.07, 6.45) is 5.01. The van der Waals surface area contributed by atoms with Gasteiger partial charge in [0, 0.05) is 30.0 Å². The smallest absolute Gasteiger partial charge is 0.325 e. The molecule has 0 unspecified atom stereocenters. The summed E-state index contributed by atoms with van der Waals surface area (Å²) in [6, 6.07) is 7.91. The minimum Gasteiger partial charge on any atom is -0.325 e. The van der Waals surface area contributed by atoms with Crippen molar-refractivity contribution in [1.29, 1.82) is 0 Å². The van der Waals surface area contributed by atoms with E-state index in [1.807, 2.05) is 28.8 Å². The molecule has 0 fully saturated rings. The topological polar surface area (TPSA) is 67.2 Å². The van der Waals surface area contributed by atoms with Gasteiger partial charge in [0.2, 0.25) is 5.91 Å². The molecule has 1 aliphatic carbocycles. The van der Waals surface area contributed by atoms with Crippen LogP contribution in [0, 0.1) is 0 Å². The Morgan fingerprint density at radius 3 is 2.52 bits per heavy atom. The molecule has 7 heteroatoms. The van der Waals surface area contributed by atoms with Crippen molar-refractivity contribution >= 4 is 23.4 Å². The van der Waals surface area contributed by atoms with Crippen molar-refractivity contribution in [3.8, 4) is 0 Å². The summed E-state index contributed by atoms with van der Waals surface area (Å²) in [7, 11) is 0. The molecule has 0 spiro atoms. The van der Waals surface area contributed by atoms with Gasteiger partial charge in [-0.2, -0.15) is 4.98 Å². The molecule has 0 saturated carbocycles. The Morgan fingerprint density at radius 1 is 1.13 bits per heavy atom. The van der Waals surface area contributed by atoms with Crippen LogP contribution in [0.2, 0.25) is 0 Å². The molecule has 2 aromatic rings. The monoisotopic (exact) mass is 442 g/mol. The third-order valence-corrected chi connectivity index (χ3v) is 6.99. The molecule has 3 rings (SSSR count). The summed E-state index contributed by atoms with van der Waals surface area (Å²) in [6.45, 7) is 9.87. The molecule has 168 valence electrons. The molecule has 31 heavy (non-hydrogen) atoms. The average molecular weight is 443 g/mol. The van der Waals surface area contributed by atoms with E-state index in [4.69, 9.17) is 0 Å². The van der Waals surface area contributed by atoms with Crippen LogP contribution in [-0.2, 0) is 30.6 Å². The van der Waals surface area contributed by atoms with Gasteiger partial charge in [0.05, 0.1) is 5.75 Å². The van der Waals surface area contributed by atoms with Crippen molar-refractivity contribution < 1.29 is 4.79 Å². The first-order chi connectivity index (χ1) is 15.0. The Labute approximate surface area is 189 Å². The number of amides is 1. The number of fused-ring (bicyclic) bond motifs is 1. The highest BCUT2D eigenvalue weighted by molar-refractivity contribution is 8.00. The van der Waals surface area contributed by atoms with Crippen LogP contribution in [0.3, 0.4) is 0 Å². The molecule has 1 aromatic heterocycles. The Morgan fingerprint density at radius 2 is 1.84 bits per heavy atom. The van der Waals surface area contributed by atoms with Gasteiger partial charge < -0.3 is 10.2 Å². The van der Waals surface area contributed by atoms with E-state index in [0.29, 0.717) is 6.54 Å². The third-order valence-electron chi connectivity index (χ3n) is 5.97. The maximum Gasteiger partial charge on any atom is 0.348 e. The van der Waals surface area contributed by atoms with E-state index in [2.05, 4.69) is 36.0 Å². The lowest BCUT2D eigenvalue weighted by Gasteiger charge is -2.24. The fraction of sp³-hybridized carbons (Fsp3) is 0.542. The van der Waals surface area contributed by atoms with E-state index in [-0.39, 0.29) is 17.3 Å². The highest BCUT2D eigenvalue weighted by atomic mass is 32.2. The minimum absolute atomic E-state index is 0.0775. The van der Waals surface area contributed by atoms with Crippen LogP contribution in [0.4, 0.5) is 5.69 Å². The molecule has 1 heterocycles. The van der Waals surface area contributed by atoms with Gasteiger partial charge in [0.25, 0.3) is 0 Å². The van der Waals surface area contributed by atoms with Crippen molar-refractivity contribution in [1.82, 2.24) is 14.5 Å². The number of hydrogen-bond donors (Lipinski definition) is 1. The van der Waals surface area contributed by atoms with Crippen LogP contribution >= 0.6 is 11.8 Å². The number of hydrogen-bond acceptors (Lipinski definition) is 5. The number of carbonyl (C=O) groups excluding carboxylic acids is 1. The van der Waals surface area contributed by atoms with Gasteiger partial charge in [-0.3, -0.25) is 9.36 Å². The zero-order valence-electron chi connectivity index (χ0n) is 18.9. The maximum atomic E-state index is 12.8. The number of likely N-dealkylation sites (N-methyl/N-ethyl adjacent to an activating group) is 1.